The molecule has 2 atom stereocenters. The predicted molar refractivity (Wildman–Crippen MR) is 91.1 cm³/mol. The van der Waals surface area contributed by atoms with E-state index in [0.717, 1.165) is 0 Å². The van der Waals surface area contributed by atoms with Crippen LogP contribution < -0.4 is 15.8 Å². The molecule has 0 amide bonds. The van der Waals surface area contributed by atoms with Gasteiger partial charge in [-0.25, -0.2) is 13.1 Å². The van der Waals surface area contributed by atoms with Crippen LogP contribution in [0.25, 0.3) is 0 Å². The molecule has 0 saturated carbocycles. The number of hydrogen-bond acceptors (Lipinski definition) is 4. The van der Waals surface area contributed by atoms with E-state index in [9.17, 15) is 8.42 Å². The first-order valence-corrected chi connectivity index (χ1v) is 9.27. The van der Waals surface area contributed by atoms with Crippen molar-refractivity contribution in [1.29, 1.82) is 0 Å². The van der Waals surface area contributed by atoms with E-state index >= 15 is 0 Å². The average Bonchev–Trinajstić information content (AvgIpc) is 2.47. The minimum Gasteiger partial charge on any atom is -0.329 e. The Labute approximate surface area is 134 Å². The van der Waals surface area contributed by atoms with E-state index in [2.05, 4.69) is 23.9 Å². The Hall–Kier alpha value is -0.950. The second-order valence-electron chi connectivity index (χ2n) is 6.28. The topological polar surface area (TPSA) is 84.2 Å². The lowest BCUT2D eigenvalue weighted by Crippen LogP contribution is -2.50. The lowest BCUT2D eigenvalue weighted by atomic mass is 10.0. The molecule has 126 valence electrons. The molecular weight excluding hydrogens is 298 g/mol. The first-order chi connectivity index (χ1) is 10.3. The maximum absolute atomic E-state index is 12.4. The fourth-order valence-electron chi connectivity index (χ4n) is 2.15. The summed E-state index contributed by atoms with van der Waals surface area (Å²) >= 11 is 0. The molecule has 0 aliphatic rings. The molecule has 22 heavy (non-hydrogen) atoms. The second-order valence-corrected chi connectivity index (χ2v) is 7.99. The third kappa shape index (κ3) is 5.68. The van der Waals surface area contributed by atoms with Crippen molar-refractivity contribution in [3.05, 3.63) is 30.3 Å². The lowest BCUT2D eigenvalue weighted by Gasteiger charge is -2.27. The van der Waals surface area contributed by atoms with E-state index in [4.69, 9.17) is 5.73 Å². The zero-order valence-electron chi connectivity index (χ0n) is 13.9. The summed E-state index contributed by atoms with van der Waals surface area (Å²) < 4.78 is 27.7. The molecular formula is C16H29N3O2S. The van der Waals surface area contributed by atoms with Crippen LogP contribution in [0.1, 0.15) is 27.7 Å². The molecule has 0 heterocycles. The third-order valence-electron chi connectivity index (χ3n) is 3.82. The quantitative estimate of drug-likeness (QED) is 0.643. The Balaban J connectivity index is 2.76. The van der Waals surface area contributed by atoms with Gasteiger partial charge in [-0.15, -0.1) is 0 Å². The summed E-state index contributed by atoms with van der Waals surface area (Å²) in [6, 6.07) is 8.45. The fraction of sp³-hybridized carbons (Fsp3) is 0.625. The van der Waals surface area contributed by atoms with Crippen LogP contribution in [0.3, 0.4) is 0 Å². The molecule has 0 saturated heterocycles. The van der Waals surface area contributed by atoms with Crippen molar-refractivity contribution in [2.24, 2.45) is 17.6 Å². The summed E-state index contributed by atoms with van der Waals surface area (Å²) in [6.45, 7) is 9.31. The van der Waals surface area contributed by atoms with Gasteiger partial charge in [-0.05, 0) is 24.0 Å². The summed E-state index contributed by atoms with van der Waals surface area (Å²) in [4.78, 5) is 0.292. The van der Waals surface area contributed by atoms with Crippen LogP contribution in [0.4, 0.5) is 0 Å². The number of benzene rings is 1. The van der Waals surface area contributed by atoms with E-state index in [1.165, 1.54) is 0 Å². The third-order valence-corrected chi connectivity index (χ3v) is 5.33. The Morgan fingerprint density at radius 2 is 1.55 bits per heavy atom. The van der Waals surface area contributed by atoms with Crippen LogP contribution in [0.2, 0.25) is 0 Å². The van der Waals surface area contributed by atoms with E-state index < -0.39 is 10.0 Å². The van der Waals surface area contributed by atoms with Gasteiger partial charge in [-0.2, -0.15) is 0 Å². The van der Waals surface area contributed by atoms with E-state index in [1.807, 2.05) is 13.8 Å². The van der Waals surface area contributed by atoms with Crippen molar-refractivity contribution in [3.63, 3.8) is 0 Å². The maximum atomic E-state index is 12.4. The number of sulfonamides is 1. The summed E-state index contributed by atoms with van der Waals surface area (Å²) in [5.41, 5.74) is 5.75. The van der Waals surface area contributed by atoms with Gasteiger partial charge >= 0.3 is 0 Å². The van der Waals surface area contributed by atoms with Gasteiger partial charge in [-0.1, -0.05) is 45.9 Å². The molecule has 0 fully saturated rings. The van der Waals surface area contributed by atoms with Gasteiger partial charge in [0.25, 0.3) is 0 Å². The van der Waals surface area contributed by atoms with Crippen molar-refractivity contribution in [2.75, 3.05) is 13.1 Å². The summed E-state index contributed by atoms with van der Waals surface area (Å²) in [5, 5.41) is 3.37. The van der Waals surface area contributed by atoms with Gasteiger partial charge in [0, 0.05) is 25.2 Å². The molecule has 5 nitrogen and oxygen atoms in total. The highest BCUT2D eigenvalue weighted by Gasteiger charge is 2.23. The van der Waals surface area contributed by atoms with Crippen molar-refractivity contribution in [3.8, 4) is 0 Å². The van der Waals surface area contributed by atoms with E-state index in [1.54, 1.807) is 30.3 Å². The van der Waals surface area contributed by atoms with Gasteiger partial charge in [-0.3, -0.25) is 0 Å². The SMILES string of the molecule is CC(C)C(CN)NCC(NS(=O)(=O)c1ccccc1)C(C)C. The minimum atomic E-state index is -3.50. The van der Waals surface area contributed by atoms with Crippen LogP contribution in [-0.4, -0.2) is 33.6 Å². The van der Waals surface area contributed by atoms with Gasteiger partial charge < -0.3 is 11.1 Å². The molecule has 0 aliphatic carbocycles. The molecule has 1 aromatic carbocycles. The zero-order valence-corrected chi connectivity index (χ0v) is 14.7. The molecule has 0 aliphatic heterocycles. The monoisotopic (exact) mass is 327 g/mol. The van der Waals surface area contributed by atoms with Crippen LogP contribution >= 0.6 is 0 Å². The Morgan fingerprint density at radius 3 is 2.00 bits per heavy atom. The van der Waals surface area contributed by atoms with Crippen LogP contribution in [0.5, 0.6) is 0 Å². The van der Waals surface area contributed by atoms with Crippen LogP contribution in [0.15, 0.2) is 35.2 Å². The first-order valence-electron chi connectivity index (χ1n) is 7.78. The van der Waals surface area contributed by atoms with Gasteiger partial charge in [0.2, 0.25) is 10.0 Å². The van der Waals surface area contributed by atoms with Crippen LogP contribution in [0, 0.1) is 11.8 Å². The summed E-state index contributed by atoms with van der Waals surface area (Å²) in [5.74, 6) is 0.583. The smallest absolute Gasteiger partial charge is 0.240 e. The second kappa shape index (κ2) is 8.62. The fourth-order valence-corrected chi connectivity index (χ4v) is 3.56. The number of nitrogens with two attached hydrogens (primary N) is 1. The van der Waals surface area contributed by atoms with E-state index in [0.29, 0.717) is 23.9 Å². The Kier molecular flexibility index (Phi) is 7.48. The van der Waals surface area contributed by atoms with Crippen LogP contribution in [-0.2, 0) is 10.0 Å². The molecule has 1 rings (SSSR count). The highest BCUT2D eigenvalue weighted by atomic mass is 32.2. The molecule has 4 N–H and O–H groups in total. The maximum Gasteiger partial charge on any atom is 0.240 e. The van der Waals surface area contributed by atoms with Gasteiger partial charge in [0.15, 0.2) is 0 Å². The van der Waals surface area contributed by atoms with Crippen molar-refractivity contribution < 1.29 is 8.42 Å². The zero-order chi connectivity index (χ0) is 16.8. The molecule has 6 heteroatoms. The molecule has 0 aromatic heterocycles. The van der Waals surface area contributed by atoms with Crippen molar-refractivity contribution in [1.82, 2.24) is 10.0 Å². The first kappa shape index (κ1) is 19.1. The Morgan fingerprint density at radius 1 is 1.00 bits per heavy atom. The summed E-state index contributed by atoms with van der Waals surface area (Å²) in [6.07, 6.45) is 0. The number of nitrogens with one attached hydrogen (secondary N) is 2. The minimum absolute atomic E-state index is 0.177. The number of hydrogen-bond donors (Lipinski definition) is 3. The average molecular weight is 327 g/mol. The van der Waals surface area contributed by atoms with Gasteiger partial charge in [0.1, 0.15) is 0 Å². The van der Waals surface area contributed by atoms with Gasteiger partial charge in [0.05, 0.1) is 4.90 Å². The summed E-state index contributed by atoms with van der Waals surface area (Å²) in [7, 11) is -3.50. The largest absolute Gasteiger partial charge is 0.329 e. The molecule has 1 aromatic rings. The Bertz CT molecular complexity index is 530. The highest BCUT2D eigenvalue weighted by Crippen LogP contribution is 2.11. The van der Waals surface area contributed by atoms with E-state index in [-0.39, 0.29) is 18.0 Å². The lowest BCUT2D eigenvalue weighted by molar-refractivity contribution is 0.354. The van der Waals surface area contributed by atoms with Crippen molar-refractivity contribution >= 4 is 10.0 Å². The standard InChI is InChI=1S/C16H29N3O2S/c1-12(2)15(10-17)18-11-16(13(3)4)19-22(20,21)14-8-6-5-7-9-14/h5-9,12-13,15-16,18-19H,10-11,17H2,1-4H3. The molecule has 2 unspecified atom stereocenters. The highest BCUT2D eigenvalue weighted by molar-refractivity contribution is 7.89. The number of rotatable bonds is 9. The molecule has 0 bridgehead atoms. The predicted octanol–water partition coefficient (Wildman–Crippen LogP) is 1.56. The van der Waals surface area contributed by atoms with Crippen molar-refractivity contribution in [2.45, 2.75) is 44.7 Å². The normalized spacial score (nSPS) is 15.2. The molecule has 0 radical (unpaired) electrons. The molecule has 0 spiro atoms.